The summed E-state index contributed by atoms with van der Waals surface area (Å²) < 4.78 is 5.15. The fourth-order valence-corrected chi connectivity index (χ4v) is 3.80. The van der Waals surface area contributed by atoms with Crippen LogP contribution in [-0.4, -0.2) is 23.6 Å². The lowest BCUT2D eigenvalue weighted by molar-refractivity contribution is 0.197. The van der Waals surface area contributed by atoms with Crippen LogP contribution in [0.4, 0.5) is 4.79 Å². The second kappa shape index (κ2) is 6.06. The molecular formula is C11H13NO2S2. The molecule has 1 heterocycles. The number of amides is 1. The van der Waals surface area contributed by atoms with E-state index >= 15 is 0 Å². The van der Waals surface area contributed by atoms with Crippen molar-refractivity contribution in [3.8, 4) is 5.75 Å². The van der Waals surface area contributed by atoms with Crippen LogP contribution in [0.2, 0.25) is 0 Å². The van der Waals surface area contributed by atoms with Gasteiger partial charge in [0.2, 0.25) is 0 Å². The van der Waals surface area contributed by atoms with Crippen molar-refractivity contribution < 1.29 is 9.53 Å². The third-order valence-electron chi connectivity index (χ3n) is 2.18. The van der Waals surface area contributed by atoms with Gasteiger partial charge >= 0.3 is 6.09 Å². The third kappa shape index (κ3) is 3.64. The van der Waals surface area contributed by atoms with Gasteiger partial charge in [-0.2, -0.15) is 0 Å². The first kappa shape index (κ1) is 11.7. The number of rotatable bonds is 2. The number of carbonyl (C=O) groups excluding carboxylic acids is 1. The number of carbonyl (C=O) groups is 1. The molecule has 0 spiro atoms. The van der Waals surface area contributed by atoms with Crippen molar-refractivity contribution in [3.63, 3.8) is 0 Å². The van der Waals surface area contributed by atoms with Crippen molar-refractivity contribution in [2.75, 3.05) is 11.5 Å². The molecule has 1 aromatic carbocycles. The summed E-state index contributed by atoms with van der Waals surface area (Å²) in [6.07, 6.45) is 0.658. The average Bonchev–Trinajstić information content (AvgIpc) is 2.31. The topological polar surface area (TPSA) is 38.3 Å². The predicted molar refractivity (Wildman–Crippen MR) is 68.9 cm³/mol. The first-order valence-corrected chi connectivity index (χ1v) is 7.61. The molecule has 1 unspecified atom stereocenters. The molecule has 1 atom stereocenters. The van der Waals surface area contributed by atoms with Crippen LogP contribution in [0.1, 0.15) is 6.42 Å². The molecule has 86 valence electrons. The summed E-state index contributed by atoms with van der Waals surface area (Å²) in [5.41, 5.74) is 0. The Kier molecular flexibility index (Phi) is 4.42. The van der Waals surface area contributed by atoms with Gasteiger partial charge in [0, 0.05) is 17.5 Å². The van der Waals surface area contributed by atoms with Crippen molar-refractivity contribution in [1.29, 1.82) is 0 Å². The summed E-state index contributed by atoms with van der Waals surface area (Å²) in [5, 5.41) is 2.87. The van der Waals surface area contributed by atoms with E-state index in [1.54, 1.807) is 22.9 Å². The smallest absolute Gasteiger partial charge is 0.410 e. The first-order valence-electron chi connectivity index (χ1n) is 5.12. The van der Waals surface area contributed by atoms with Gasteiger partial charge in [0.1, 0.15) is 5.75 Å². The van der Waals surface area contributed by atoms with Gasteiger partial charge in [-0.15, -0.1) is 0 Å². The number of nitrogens with one attached hydrogen (secondary N) is 1. The first-order chi connectivity index (χ1) is 7.84. The molecule has 16 heavy (non-hydrogen) atoms. The minimum absolute atomic E-state index is 0.238. The van der Waals surface area contributed by atoms with Gasteiger partial charge < -0.3 is 10.1 Å². The van der Waals surface area contributed by atoms with E-state index in [0.717, 1.165) is 17.9 Å². The molecule has 0 bridgehead atoms. The van der Waals surface area contributed by atoms with Crippen LogP contribution in [0.3, 0.4) is 0 Å². The van der Waals surface area contributed by atoms with Crippen LogP contribution in [0, 0.1) is 0 Å². The molecule has 1 aromatic rings. The molecule has 1 amide bonds. The van der Waals surface area contributed by atoms with Gasteiger partial charge in [-0.25, -0.2) is 4.79 Å². The summed E-state index contributed by atoms with van der Waals surface area (Å²) >= 11 is 0. The fourth-order valence-electron chi connectivity index (χ4n) is 1.37. The summed E-state index contributed by atoms with van der Waals surface area (Å²) in [6, 6.07) is 9.35. The number of para-hydroxylation sites is 1. The average molecular weight is 255 g/mol. The Balaban J connectivity index is 1.80. The van der Waals surface area contributed by atoms with E-state index in [-0.39, 0.29) is 12.1 Å². The highest BCUT2D eigenvalue weighted by molar-refractivity contribution is 8.76. The predicted octanol–water partition coefficient (Wildman–Crippen LogP) is 2.93. The van der Waals surface area contributed by atoms with E-state index in [4.69, 9.17) is 4.74 Å². The largest absolute Gasteiger partial charge is 0.412 e. The van der Waals surface area contributed by atoms with E-state index < -0.39 is 0 Å². The molecule has 0 aromatic heterocycles. The monoisotopic (exact) mass is 255 g/mol. The SMILES string of the molecule is O=C(NC1CCSSC1)Oc1ccccc1. The van der Waals surface area contributed by atoms with Gasteiger partial charge in [0.05, 0.1) is 0 Å². The number of benzene rings is 1. The maximum Gasteiger partial charge on any atom is 0.412 e. The van der Waals surface area contributed by atoms with Gasteiger partial charge in [0.15, 0.2) is 0 Å². The zero-order valence-electron chi connectivity index (χ0n) is 8.72. The van der Waals surface area contributed by atoms with Crippen LogP contribution in [-0.2, 0) is 0 Å². The Bertz CT molecular complexity index is 339. The van der Waals surface area contributed by atoms with E-state index in [1.807, 2.05) is 29.0 Å². The molecule has 0 radical (unpaired) electrons. The zero-order valence-corrected chi connectivity index (χ0v) is 10.4. The highest BCUT2D eigenvalue weighted by atomic mass is 33.1. The summed E-state index contributed by atoms with van der Waals surface area (Å²) in [6.45, 7) is 0. The maximum absolute atomic E-state index is 11.5. The van der Waals surface area contributed by atoms with Crippen LogP contribution >= 0.6 is 21.6 Å². The van der Waals surface area contributed by atoms with E-state index in [1.165, 1.54) is 0 Å². The lowest BCUT2D eigenvalue weighted by atomic mass is 10.3. The third-order valence-corrected chi connectivity index (χ3v) is 4.69. The molecule has 0 aliphatic carbocycles. The normalized spacial score (nSPS) is 20.1. The van der Waals surface area contributed by atoms with Crippen molar-refractivity contribution in [3.05, 3.63) is 30.3 Å². The molecule has 1 aliphatic rings. The summed E-state index contributed by atoms with van der Waals surface area (Å²) in [7, 11) is 3.65. The number of hydrogen-bond donors (Lipinski definition) is 1. The van der Waals surface area contributed by atoms with Gasteiger partial charge in [-0.1, -0.05) is 39.8 Å². The molecular weight excluding hydrogens is 242 g/mol. The van der Waals surface area contributed by atoms with Gasteiger partial charge in [-0.3, -0.25) is 0 Å². The number of ether oxygens (including phenoxy) is 1. The number of hydrogen-bond acceptors (Lipinski definition) is 4. The van der Waals surface area contributed by atoms with Crippen LogP contribution in [0.25, 0.3) is 0 Å². The Labute approximate surface area is 103 Å². The molecule has 1 aliphatic heterocycles. The molecule has 3 nitrogen and oxygen atoms in total. The molecule has 1 N–H and O–H groups in total. The second-order valence-electron chi connectivity index (χ2n) is 3.44. The Morgan fingerprint density at radius 2 is 2.12 bits per heavy atom. The van der Waals surface area contributed by atoms with E-state index in [9.17, 15) is 4.79 Å². The van der Waals surface area contributed by atoms with Crippen molar-refractivity contribution in [2.24, 2.45) is 0 Å². The van der Waals surface area contributed by atoms with E-state index in [2.05, 4.69) is 5.32 Å². The zero-order chi connectivity index (χ0) is 11.2. The fraction of sp³-hybridized carbons (Fsp3) is 0.364. The molecule has 0 saturated carbocycles. The quantitative estimate of drug-likeness (QED) is 0.825. The minimum Gasteiger partial charge on any atom is -0.410 e. The Morgan fingerprint density at radius 3 is 2.81 bits per heavy atom. The Morgan fingerprint density at radius 1 is 1.31 bits per heavy atom. The standard InChI is InChI=1S/C11H13NO2S2/c13-11(12-9-6-7-15-16-8-9)14-10-4-2-1-3-5-10/h1-5,9H,6-8H2,(H,12,13). The van der Waals surface area contributed by atoms with Gasteiger partial charge in [0.25, 0.3) is 0 Å². The molecule has 5 heteroatoms. The molecule has 2 rings (SSSR count). The summed E-state index contributed by atoms with van der Waals surface area (Å²) in [5.74, 6) is 2.62. The van der Waals surface area contributed by atoms with Gasteiger partial charge in [-0.05, 0) is 18.6 Å². The maximum atomic E-state index is 11.5. The van der Waals surface area contributed by atoms with Crippen molar-refractivity contribution in [1.82, 2.24) is 5.32 Å². The van der Waals surface area contributed by atoms with Crippen LogP contribution in [0.15, 0.2) is 30.3 Å². The highest BCUT2D eigenvalue weighted by Gasteiger charge is 2.17. The lowest BCUT2D eigenvalue weighted by Gasteiger charge is -2.21. The lowest BCUT2D eigenvalue weighted by Crippen LogP contribution is -2.39. The Hall–Kier alpha value is -0.810. The van der Waals surface area contributed by atoms with Crippen molar-refractivity contribution in [2.45, 2.75) is 12.5 Å². The van der Waals surface area contributed by atoms with Crippen LogP contribution < -0.4 is 10.1 Å². The minimum atomic E-state index is -0.358. The summed E-state index contributed by atoms with van der Waals surface area (Å²) in [4.78, 5) is 11.5. The van der Waals surface area contributed by atoms with Crippen LogP contribution in [0.5, 0.6) is 5.75 Å². The molecule has 1 fully saturated rings. The van der Waals surface area contributed by atoms with Crippen molar-refractivity contribution >= 4 is 27.7 Å². The van der Waals surface area contributed by atoms with E-state index in [0.29, 0.717) is 5.75 Å². The second-order valence-corrected chi connectivity index (χ2v) is 6.07. The highest BCUT2D eigenvalue weighted by Crippen LogP contribution is 2.29. The molecule has 1 saturated heterocycles.